The number of methoxy groups -OCH3 is 1. The summed E-state index contributed by atoms with van der Waals surface area (Å²) in [6, 6.07) is 14.1. The lowest BCUT2D eigenvalue weighted by Gasteiger charge is -2.24. The Morgan fingerprint density at radius 1 is 1.07 bits per heavy atom. The van der Waals surface area contributed by atoms with Crippen LogP contribution in [0, 0.1) is 0 Å². The Morgan fingerprint density at radius 3 is 2.52 bits per heavy atom. The van der Waals surface area contributed by atoms with Crippen LogP contribution < -0.4 is 24.4 Å². The molecule has 0 saturated carbocycles. The molecule has 2 aliphatic heterocycles. The van der Waals surface area contributed by atoms with Crippen molar-refractivity contribution in [3.63, 3.8) is 0 Å². The van der Waals surface area contributed by atoms with E-state index in [1.165, 1.54) is 18.4 Å². The number of aromatic nitrogens is 1. The van der Waals surface area contributed by atoms with E-state index in [2.05, 4.69) is 4.99 Å². The van der Waals surface area contributed by atoms with Gasteiger partial charge >= 0.3 is 5.97 Å². The predicted octanol–water partition coefficient (Wildman–Crippen LogP) is 2.81. The lowest BCUT2D eigenvalue weighted by molar-refractivity contribution is -0.136. The molecule has 208 valence electrons. The first-order valence-corrected chi connectivity index (χ1v) is 14.1. The molecule has 1 atom stereocenters. The Morgan fingerprint density at radius 2 is 1.82 bits per heavy atom. The molecule has 0 aliphatic carbocycles. The topological polar surface area (TPSA) is 99.4 Å². The van der Waals surface area contributed by atoms with Crippen molar-refractivity contribution < 1.29 is 23.8 Å². The number of nitrogens with zero attached hydrogens (tertiary/aromatic N) is 3. The summed E-state index contributed by atoms with van der Waals surface area (Å²) in [6.07, 6.45) is 3.81. The molecule has 0 spiro atoms. The fourth-order valence-electron chi connectivity index (χ4n) is 4.99. The standard InChI is InChI=1S/C30H31N3O6S/c1-4-38-23-16-20(12-13-22(23)39-18-25(34)32-14-8-9-15-32)17-24-28(35)33-27(21-10-6-5-7-11-21)26(29(36)37-3)19(2)31-30(33)40-24/h5-7,10-13,16-17,27H,4,8-9,14-15,18H2,1-3H3. The number of rotatable bonds is 8. The fourth-order valence-corrected chi connectivity index (χ4v) is 6.04. The number of hydrogen-bond acceptors (Lipinski definition) is 8. The van der Waals surface area contributed by atoms with Crippen LogP contribution in [-0.4, -0.2) is 54.8 Å². The molecule has 1 unspecified atom stereocenters. The van der Waals surface area contributed by atoms with Gasteiger partial charge in [0.2, 0.25) is 0 Å². The zero-order valence-corrected chi connectivity index (χ0v) is 23.5. The maximum absolute atomic E-state index is 13.8. The summed E-state index contributed by atoms with van der Waals surface area (Å²) in [5.74, 6) is 0.393. The number of carbonyl (C=O) groups excluding carboxylic acids is 2. The second kappa shape index (κ2) is 11.9. The van der Waals surface area contributed by atoms with Gasteiger partial charge in [-0.05, 0) is 56.0 Å². The van der Waals surface area contributed by atoms with Gasteiger partial charge in [-0.2, -0.15) is 0 Å². The summed E-state index contributed by atoms with van der Waals surface area (Å²) < 4.78 is 18.7. The van der Waals surface area contributed by atoms with E-state index in [-0.39, 0.29) is 18.1 Å². The van der Waals surface area contributed by atoms with Gasteiger partial charge in [-0.25, -0.2) is 9.79 Å². The number of amides is 1. The van der Waals surface area contributed by atoms with Gasteiger partial charge in [0, 0.05) is 13.1 Å². The summed E-state index contributed by atoms with van der Waals surface area (Å²) in [6.45, 7) is 5.51. The number of esters is 1. The van der Waals surface area contributed by atoms with Gasteiger partial charge < -0.3 is 19.1 Å². The fraction of sp³-hybridized carbons (Fsp3) is 0.333. The molecule has 0 radical (unpaired) electrons. The molecule has 10 heteroatoms. The number of benzene rings is 2. The van der Waals surface area contributed by atoms with Crippen molar-refractivity contribution in [1.29, 1.82) is 0 Å². The molecule has 40 heavy (non-hydrogen) atoms. The number of ether oxygens (including phenoxy) is 3. The molecule has 1 fully saturated rings. The summed E-state index contributed by atoms with van der Waals surface area (Å²) in [5.41, 5.74) is 2.09. The van der Waals surface area contributed by atoms with Gasteiger partial charge in [-0.15, -0.1) is 0 Å². The van der Waals surface area contributed by atoms with Crippen LogP contribution in [0.25, 0.3) is 6.08 Å². The molecule has 5 rings (SSSR count). The van der Waals surface area contributed by atoms with E-state index in [0.29, 0.717) is 38.7 Å². The van der Waals surface area contributed by atoms with E-state index < -0.39 is 12.0 Å². The lowest BCUT2D eigenvalue weighted by atomic mass is 9.96. The summed E-state index contributed by atoms with van der Waals surface area (Å²) in [7, 11) is 1.32. The number of carbonyl (C=O) groups is 2. The van der Waals surface area contributed by atoms with Crippen LogP contribution in [0.4, 0.5) is 0 Å². The van der Waals surface area contributed by atoms with Crippen molar-refractivity contribution >= 4 is 29.3 Å². The number of thiazole rings is 1. The van der Waals surface area contributed by atoms with E-state index in [1.54, 1.807) is 29.7 Å². The molecule has 9 nitrogen and oxygen atoms in total. The van der Waals surface area contributed by atoms with Gasteiger partial charge in [0.15, 0.2) is 22.9 Å². The van der Waals surface area contributed by atoms with Crippen LogP contribution in [0.2, 0.25) is 0 Å². The number of likely N-dealkylation sites (tertiary alicyclic amines) is 1. The quantitative estimate of drug-likeness (QED) is 0.392. The third kappa shape index (κ3) is 5.44. The van der Waals surface area contributed by atoms with Gasteiger partial charge in [-0.1, -0.05) is 47.7 Å². The third-order valence-corrected chi connectivity index (χ3v) is 7.90. The minimum Gasteiger partial charge on any atom is -0.490 e. The molecule has 0 N–H and O–H groups in total. The first-order chi connectivity index (χ1) is 19.4. The smallest absolute Gasteiger partial charge is 0.338 e. The highest BCUT2D eigenvalue weighted by atomic mass is 32.1. The van der Waals surface area contributed by atoms with Gasteiger partial charge in [-0.3, -0.25) is 14.2 Å². The van der Waals surface area contributed by atoms with E-state index in [9.17, 15) is 14.4 Å². The predicted molar refractivity (Wildman–Crippen MR) is 151 cm³/mol. The minimum atomic E-state index is -0.657. The zero-order valence-electron chi connectivity index (χ0n) is 22.7. The van der Waals surface area contributed by atoms with Gasteiger partial charge in [0.25, 0.3) is 11.5 Å². The van der Waals surface area contributed by atoms with Gasteiger partial charge in [0.05, 0.1) is 35.6 Å². The first-order valence-electron chi connectivity index (χ1n) is 13.2. The Labute approximate surface area is 235 Å². The van der Waals surface area contributed by atoms with E-state index >= 15 is 0 Å². The van der Waals surface area contributed by atoms with Crippen LogP contribution in [-0.2, 0) is 14.3 Å². The second-order valence-electron chi connectivity index (χ2n) is 9.50. The average molecular weight is 562 g/mol. The van der Waals surface area contributed by atoms with Crippen molar-refractivity contribution in [1.82, 2.24) is 9.47 Å². The molecule has 1 aromatic heterocycles. The molecule has 1 saturated heterocycles. The summed E-state index contributed by atoms with van der Waals surface area (Å²) in [5, 5.41) is 0. The highest BCUT2D eigenvalue weighted by molar-refractivity contribution is 7.07. The van der Waals surface area contributed by atoms with Crippen molar-refractivity contribution in [3.8, 4) is 11.5 Å². The second-order valence-corrected chi connectivity index (χ2v) is 10.5. The average Bonchev–Trinajstić information content (AvgIpc) is 3.61. The minimum absolute atomic E-state index is 0.0419. The Bertz CT molecular complexity index is 1630. The van der Waals surface area contributed by atoms with Gasteiger partial charge in [0.1, 0.15) is 0 Å². The monoisotopic (exact) mass is 561 g/mol. The lowest BCUT2D eigenvalue weighted by Crippen LogP contribution is -2.39. The Balaban J connectivity index is 1.51. The SMILES string of the molecule is CCOc1cc(C=c2sc3n(c2=O)C(c2ccccc2)C(C(=O)OC)=C(C)N=3)ccc1OCC(=O)N1CCCC1. The van der Waals surface area contributed by atoms with Crippen molar-refractivity contribution in [2.45, 2.75) is 32.7 Å². The van der Waals surface area contributed by atoms with Crippen LogP contribution in [0.3, 0.4) is 0 Å². The highest BCUT2D eigenvalue weighted by Gasteiger charge is 2.33. The van der Waals surface area contributed by atoms with Crippen LogP contribution in [0.5, 0.6) is 11.5 Å². The van der Waals surface area contributed by atoms with Crippen molar-refractivity contribution in [3.05, 3.63) is 90.6 Å². The summed E-state index contributed by atoms with van der Waals surface area (Å²) in [4.78, 5) is 45.9. The molecular formula is C30H31N3O6S. The molecule has 1 amide bonds. The van der Waals surface area contributed by atoms with Crippen molar-refractivity contribution in [2.75, 3.05) is 33.4 Å². The zero-order chi connectivity index (χ0) is 28.2. The number of hydrogen-bond donors (Lipinski definition) is 0. The molecule has 2 aromatic carbocycles. The number of fused-ring (bicyclic) bond motifs is 1. The van der Waals surface area contributed by atoms with E-state index in [0.717, 1.165) is 37.1 Å². The maximum Gasteiger partial charge on any atom is 0.338 e. The molecule has 2 aliphatic rings. The highest BCUT2D eigenvalue weighted by Crippen LogP contribution is 2.31. The number of allylic oxidation sites excluding steroid dienone is 1. The molecule has 0 bridgehead atoms. The molecule has 3 heterocycles. The van der Waals surface area contributed by atoms with Crippen molar-refractivity contribution in [2.24, 2.45) is 4.99 Å². The largest absolute Gasteiger partial charge is 0.490 e. The molecule has 3 aromatic rings. The van der Waals surface area contributed by atoms with E-state index in [1.807, 2.05) is 48.2 Å². The van der Waals surface area contributed by atoms with Crippen LogP contribution >= 0.6 is 11.3 Å². The van der Waals surface area contributed by atoms with Crippen LogP contribution in [0.1, 0.15) is 43.9 Å². The Hall–Kier alpha value is -4.18. The third-order valence-electron chi connectivity index (χ3n) is 6.92. The summed E-state index contributed by atoms with van der Waals surface area (Å²) >= 11 is 1.25. The van der Waals surface area contributed by atoms with E-state index in [4.69, 9.17) is 14.2 Å². The Kier molecular flexibility index (Phi) is 8.16. The maximum atomic E-state index is 13.8. The molecular weight excluding hydrogens is 530 g/mol. The first kappa shape index (κ1) is 27.4. The normalized spacial score (nSPS) is 16.9. The van der Waals surface area contributed by atoms with Crippen LogP contribution in [0.15, 0.2) is 69.6 Å².